The van der Waals surface area contributed by atoms with Crippen LogP contribution in [0.4, 0.5) is 0 Å². The lowest BCUT2D eigenvalue weighted by Gasteiger charge is -2.34. The molecule has 0 spiro atoms. The zero-order chi connectivity index (χ0) is 21.2. The molecule has 1 saturated heterocycles. The van der Waals surface area contributed by atoms with Gasteiger partial charge in [0.15, 0.2) is 5.78 Å². The van der Waals surface area contributed by atoms with Crippen molar-refractivity contribution in [2.45, 2.75) is 25.8 Å². The van der Waals surface area contributed by atoms with Crippen LogP contribution in [-0.2, 0) is 13.0 Å². The summed E-state index contributed by atoms with van der Waals surface area (Å²) in [6.07, 6.45) is 2.49. The van der Waals surface area contributed by atoms with E-state index >= 15 is 0 Å². The Labute approximate surface area is 186 Å². The van der Waals surface area contributed by atoms with Gasteiger partial charge in [-0.05, 0) is 36.1 Å². The monoisotopic (exact) mass is 431 g/mol. The first-order valence-corrected chi connectivity index (χ1v) is 11.7. The minimum atomic E-state index is 0.0922. The third-order valence-electron chi connectivity index (χ3n) is 6.07. The molecule has 3 aromatic rings. The predicted octanol–water partition coefficient (Wildman–Crippen LogP) is 4.29. The number of hydrogen-bond acceptors (Lipinski definition) is 5. The minimum absolute atomic E-state index is 0.0922. The van der Waals surface area contributed by atoms with Crippen molar-refractivity contribution in [3.63, 3.8) is 0 Å². The number of nitrogens with zero attached hydrogens (tertiary/aromatic N) is 3. The highest BCUT2D eigenvalue weighted by Gasteiger charge is 2.25. The number of aryl methyl sites for hydroxylation is 1. The molecule has 0 bridgehead atoms. The van der Waals surface area contributed by atoms with Crippen molar-refractivity contribution >= 4 is 23.0 Å². The van der Waals surface area contributed by atoms with E-state index in [1.54, 1.807) is 11.3 Å². The first-order chi connectivity index (χ1) is 15.2. The van der Waals surface area contributed by atoms with Crippen molar-refractivity contribution in [3.8, 4) is 11.1 Å². The number of rotatable bonds is 4. The molecule has 1 amide bonds. The maximum atomic E-state index is 12.9. The Morgan fingerprint density at radius 3 is 2.32 bits per heavy atom. The molecule has 5 rings (SSSR count). The van der Waals surface area contributed by atoms with Crippen molar-refractivity contribution in [3.05, 3.63) is 75.7 Å². The number of amides is 1. The lowest BCUT2D eigenvalue weighted by Crippen LogP contribution is -2.48. The molecule has 6 heteroatoms. The van der Waals surface area contributed by atoms with E-state index in [0.29, 0.717) is 19.5 Å². The molecule has 2 heterocycles. The highest BCUT2D eigenvalue weighted by atomic mass is 32.1. The quantitative estimate of drug-likeness (QED) is 0.619. The summed E-state index contributed by atoms with van der Waals surface area (Å²) in [5.41, 5.74) is 4.00. The molecule has 2 aromatic carbocycles. The van der Waals surface area contributed by atoms with Crippen LogP contribution in [0.5, 0.6) is 0 Å². The molecule has 0 unspecified atom stereocenters. The largest absolute Gasteiger partial charge is 0.336 e. The fourth-order valence-corrected chi connectivity index (χ4v) is 5.42. The van der Waals surface area contributed by atoms with Crippen molar-refractivity contribution in [1.29, 1.82) is 0 Å². The third-order valence-corrected chi connectivity index (χ3v) is 7.19. The van der Waals surface area contributed by atoms with Gasteiger partial charge in [-0.2, -0.15) is 0 Å². The second-order valence-corrected chi connectivity index (χ2v) is 9.26. The predicted molar refractivity (Wildman–Crippen MR) is 122 cm³/mol. The molecule has 0 radical (unpaired) electrons. The van der Waals surface area contributed by atoms with Crippen LogP contribution in [0.25, 0.3) is 11.1 Å². The van der Waals surface area contributed by atoms with Crippen molar-refractivity contribution in [1.82, 2.24) is 14.8 Å². The Bertz CT molecular complexity index is 1080. The van der Waals surface area contributed by atoms with Gasteiger partial charge in [-0.3, -0.25) is 14.5 Å². The van der Waals surface area contributed by atoms with Gasteiger partial charge in [0, 0.05) is 38.2 Å². The molecule has 0 atom stereocenters. The van der Waals surface area contributed by atoms with E-state index in [0.717, 1.165) is 64.7 Å². The molecule has 1 aliphatic carbocycles. The van der Waals surface area contributed by atoms with Gasteiger partial charge in [-0.15, -0.1) is 11.3 Å². The zero-order valence-corrected chi connectivity index (χ0v) is 18.2. The van der Waals surface area contributed by atoms with Crippen LogP contribution in [-0.4, -0.2) is 52.7 Å². The fraction of sp³-hybridized carbons (Fsp3) is 0.320. The summed E-state index contributed by atoms with van der Waals surface area (Å²) >= 11 is 1.56. The number of carbonyl (C=O) groups is 2. The number of aromatic nitrogens is 1. The standard InChI is InChI=1S/C25H25N3O2S/c29-22-8-4-7-21-24(22)31-23(26-21)17-27-13-15-28(16-14-27)25(30)20-11-9-19(10-12-20)18-5-2-1-3-6-18/h1-3,5-6,9-12H,4,7-8,13-17H2. The van der Waals surface area contributed by atoms with Crippen molar-refractivity contribution < 1.29 is 9.59 Å². The van der Waals surface area contributed by atoms with Crippen LogP contribution in [0.2, 0.25) is 0 Å². The molecular formula is C25H25N3O2S. The fourth-order valence-electron chi connectivity index (χ4n) is 4.30. The average molecular weight is 432 g/mol. The van der Waals surface area contributed by atoms with Gasteiger partial charge >= 0.3 is 0 Å². The molecule has 1 fully saturated rings. The summed E-state index contributed by atoms with van der Waals surface area (Å²) in [6, 6.07) is 18.1. The second kappa shape index (κ2) is 8.73. The highest BCUT2D eigenvalue weighted by molar-refractivity contribution is 7.13. The molecule has 2 aliphatic rings. The van der Waals surface area contributed by atoms with E-state index in [1.807, 2.05) is 47.4 Å². The van der Waals surface area contributed by atoms with Gasteiger partial charge in [0.2, 0.25) is 0 Å². The Balaban J connectivity index is 1.18. The number of ketones is 1. The summed E-state index contributed by atoms with van der Waals surface area (Å²) in [5.74, 6) is 0.341. The van der Waals surface area contributed by atoms with E-state index in [9.17, 15) is 9.59 Å². The molecule has 1 aliphatic heterocycles. The minimum Gasteiger partial charge on any atom is -0.336 e. The summed E-state index contributed by atoms with van der Waals surface area (Å²) in [4.78, 5) is 34.8. The maximum absolute atomic E-state index is 12.9. The first-order valence-electron chi connectivity index (χ1n) is 10.9. The maximum Gasteiger partial charge on any atom is 0.253 e. The second-order valence-electron chi connectivity index (χ2n) is 8.17. The Kier molecular flexibility index (Phi) is 5.66. The Hall–Kier alpha value is -2.83. The number of piperazine rings is 1. The number of Topliss-reactive ketones (excluding diaryl/α,β-unsaturated/α-hetero) is 1. The number of carbonyl (C=O) groups excluding carboxylic acids is 2. The average Bonchev–Trinajstić information content (AvgIpc) is 3.24. The van der Waals surface area contributed by atoms with E-state index in [1.165, 1.54) is 0 Å². The van der Waals surface area contributed by atoms with E-state index in [2.05, 4.69) is 17.0 Å². The Morgan fingerprint density at radius 2 is 1.61 bits per heavy atom. The summed E-state index contributed by atoms with van der Waals surface area (Å²) < 4.78 is 0. The lowest BCUT2D eigenvalue weighted by atomic mass is 10.0. The van der Waals surface area contributed by atoms with Crippen LogP contribution in [0.15, 0.2) is 54.6 Å². The van der Waals surface area contributed by atoms with Gasteiger partial charge < -0.3 is 4.90 Å². The van der Waals surface area contributed by atoms with Gasteiger partial charge in [-0.25, -0.2) is 4.98 Å². The van der Waals surface area contributed by atoms with Crippen molar-refractivity contribution in [2.24, 2.45) is 0 Å². The topological polar surface area (TPSA) is 53.5 Å². The van der Waals surface area contributed by atoms with Gasteiger partial charge in [0.05, 0.1) is 17.1 Å². The number of benzene rings is 2. The summed E-state index contributed by atoms with van der Waals surface area (Å²) in [7, 11) is 0. The van der Waals surface area contributed by atoms with Crippen LogP contribution in [0, 0.1) is 0 Å². The molecule has 5 nitrogen and oxygen atoms in total. The molecule has 158 valence electrons. The summed E-state index contributed by atoms with van der Waals surface area (Å²) in [5, 5.41) is 1.02. The number of fused-ring (bicyclic) bond motifs is 1. The summed E-state index contributed by atoms with van der Waals surface area (Å²) in [6.45, 7) is 3.84. The lowest BCUT2D eigenvalue weighted by molar-refractivity contribution is 0.0628. The molecule has 1 aromatic heterocycles. The van der Waals surface area contributed by atoms with Crippen LogP contribution < -0.4 is 0 Å². The number of thiazole rings is 1. The van der Waals surface area contributed by atoms with Crippen LogP contribution in [0.1, 0.15) is 43.6 Å². The zero-order valence-electron chi connectivity index (χ0n) is 17.4. The van der Waals surface area contributed by atoms with Gasteiger partial charge in [0.25, 0.3) is 5.91 Å². The normalized spacial score (nSPS) is 16.9. The van der Waals surface area contributed by atoms with E-state index in [4.69, 9.17) is 4.98 Å². The van der Waals surface area contributed by atoms with Gasteiger partial charge in [-0.1, -0.05) is 42.5 Å². The van der Waals surface area contributed by atoms with Crippen molar-refractivity contribution in [2.75, 3.05) is 26.2 Å². The SMILES string of the molecule is O=C1CCCc2nc(CN3CCN(C(=O)c4ccc(-c5ccccc5)cc4)CC3)sc21. The third kappa shape index (κ3) is 4.31. The first kappa shape index (κ1) is 20.1. The highest BCUT2D eigenvalue weighted by Crippen LogP contribution is 2.28. The van der Waals surface area contributed by atoms with Gasteiger partial charge in [0.1, 0.15) is 5.01 Å². The molecular weight excluding hydrogens is 406 g/mol. The van der Waals surface area contributed by atoms with E-state index in [-0.39, 0.29) is 11.7 Å². The van der Waals surface area contributed by atoms with E-state index < -0.39 is 0 Å². The van der Waals surface area contributed by atoms with Crippen LogP contribution >= 0.6 is 11.3 Å². The smallest absolute Gasteiger partial charge is 0.253 e. The Morgan fingerprint density at radius 1 is 0.903 bits per heavy atom. The number of hydrogen-bond donors (Lipinski definition) is 0. The molecule has 0 saturated carbocycles. The van der Waals surface area contributed by atoms with Crippen LogP contribution in [0.3, 0.4) is 0 Å². The molecule has 31 heavy (non-hydrogen) atoms. The molecule has 0 N–H and O–H groups in total.